The Bertz CT molecular complexity index is 836. The Morgan fingerprint density at radius 2 is 1.76 bits per heavy atom. The molecule has 3 aliphatic rings. The lowest BCUT2D eigenvalue weighted by molar-refractivity contribution is -0.384. The highest BCUT2D eigenvalue weighted by molar-refractivity contribution is 5.83. The van der Waals surface area contributed by atoms with E-state index in [0.29, 0.717) is 32.6 Å². The minimum absolute atomic E-state index is 0.0380. The molecule has 0 bridgehead atoms. The van der Waals surface area contributed by atoms with E-state index in [1.54, 1.807) is 24.0 Å². The van der Waals surface area contributed by atoms with E-state index in [0.717, 1.165) is 30.9 Å². The first-order valence-electron chi connectivity index (χ1n) is 10.1. The number of hydrogen-bond acceptors (Lipinski definition) is 6. The number of nitro benzene ring substituents is 1. The fraction of sp³-hybridized carbons (Fsp3) is 0.600. The van der Waals surface area contributed by atoms with Gasteiger partial charge in [0.1, 0.15) is 0 Å². The second-order valence-electron chi connectivity index (χ2n) is 8.24. The van der Waals surface area contributed by atoms with Crippen LogP contribution < -0.4 is 4.90 Å². The van der Waals surface area contributed by atoms with Crippen molar-refractivity contribution >= 4 is 23.2 Å². The number of benzene rings is 1. The molecule has 2 saturated heterocycles. The lowest BCUT2D eigenvalue weighted by atomic mass is 9.82. The highest BCUT2D eigenvalue weighted by Crippen LogP contribution is 2.38. The Labute approximate surface area is 170 Å². The zero-order chi connectivity index (χ0) is 20.7. The topological polar surface area (TPSA) is 90.2 Å². The quantitative estimate of drug-likeness (QED) is 0.532. The molecule has 1 aromatic rings. The number of anilines is 1. The van der Waals surface area contributed by atoms with Crippen LogP contribution in [0.25, 0.3) is 0 Å². The predicted octanol–water partition coefficient (Wildman–Crippen LogP) is 0.578. The number of non-ortho nitro benzene ring substituents is 1. The molecule has 1 aromatic carbocycles. The Morgan fingerprint density at radius 1 is 1.07 bits per heavy atom. The summed E-state index contributed by atoms with van der Waals surface area (Å²) < 4.78 is 0. The third kappa shape index (κ3) is 3.66. The first-order valence-corrected chi connectivity index (χ1v) is 10.1. The molecule has 2 amide bonds. The van der Waals surface area contributed by atoms with Crippen LogP contribution in [0.1, 0.15) is 12.5 Å². The number of amides is 2. The number of hydrogen-bond donors (Lipinski definition) is 0. The van der Waals surface area contributed by atoms with Gasteiger partial charge in [0, 0.05) is 70.6 Å². The number of fused-ring (bicyclic) bond motifs is 3. The fourth-order valence-electron chi connectivity index (χ4n) is 4.83. The molecular formula is C20H27N5O4. The van der Waals surface area contributed by atoms with Gasteiger partial charge in [0.15, 0.2) is 0 Å². The van der Waals surface area contributed by atoms with Crippen molar-refractivity contribution in [3.63, 3.8) is 0 Å². The Morgan fingerprint density at radius 3 is 2.41 bits per heavy atom. The molecule has 0 N–H and O–H groups in total. The van der Waals surface area contributed by atoms with Crippen molar-refractivity contribution in [1.29, 1.82) is 0 Å². The van der Waals surface area contributed by atoms with E-state index in [1.807, 2.05) is 11.0 Å². The van der Waals surface area contributed by atoms with Crippen molar-refractivity contribution in [3.8, 4) is 0 Å². The van der Waals surface area contributed by atoms with Gasteiger partial charge in [-0.05, 0) is 25.1 Å². The number of nitro groups is 1. The number of likely N-dealkylation sites (N-methyl/N-ethyl adjacent to an activating group) is 1. The minimum Gasteiger partial charge on any atom is -0.365 e. The summed E-state index contributed by atoms with van der Waals surface area (Å²) in [6, 6.07) is 5.06. The van der Waals surface area contributed by atoms with E-state index in [9.17, 15) is 19.7 Å². The van der Waals surface area contributed by atoms with Crippen LogP contribution >= 0.6 is 0 Å². The van der Waals surface area contributed by atoms with Gasteiger partial charge < -0.3 is 19.6 Å². The molecule has 9 nitrogen and oxygen atoms in total. The van der Waals surface area contributed by atoms with Gasteiger partial charge in [-0.1, -0.05) is 0 Å². The van der Waals surface area contributed by atoms with Crippen molar-refractivity contribution in [1.82, 2.24) is 14.7 Å². The molecule has 3 heterocycles. The maximum atomic E-state index is 13.5. The molecule has 0 aliphatic carbocycles. The van der Waals surface area contributed by atoms with Gasteiger partial charge in [-0.3, -0.25) is 19.7 Å². The van der Waals surface area contributed by atoms with Crippen LogP contribution in [0.4, 0.5) is 11.4 Å². The van der Waals surface area contributed by atoms with Gasteiger partial charge in [0.05, 0.1) is 16.9 Å². The molecule has 3 aliphatic heterocycles. The van der Waals surface area contributed by atoms with Gasteiger partial charge in [-0.2, -0.15) is 0 Å². The SMILES string of the molecule is CC(=O)N1CCN(C(=O)C2Cc3cc([N+](=O)[O-])ccc3N3CCN(C)CC23)CC1. The first kappa shape index (κ1) is 19.6. The third-order valence-corrected chi connectivity index (χ3v) is 6.46. The van der Waals surface area contributed by atoms with Crippen molar-refractivity contribution in [3.05, 3.63) is 33.9 Å². The molecule has 29 heavy (non-hydrogen) atoms. The molecule has 2 fully saturated rings. The summed E-state index contributed by atoms with van der Waals surface area (Å²) in [6.45, 7) is 6.24. The van der Waals surface area contributed by atoms with Crippen molar-refractivity contribution in [2.24, 2.45) is 5.92 Å². The highest BCUT2D eigenvalue weighted by atomic mass is 16.6. The van der Waals surface area contributed by atoms with Gasteiger partial charge >= 0.3 is 0 Å². The van der Waals surface area contributed by atoms with Crippen molar-refractivity contribution < 1.29 is 14.5 Å². The summed E-state index contributed by atoms with van der Waals surface area (Å²) in [5.41, 5.74) is 1.96. The summed E-state index contributed by atoms with van der Waals surface area (Å²) in [5, 5.41) is 11.2. The molecule has 4 rings (SSSR count). The number of rotatable bonds is 2. The average molecular weight is 401 g/mol. The lowest BCUT2D eigenvalue weighted by Gasteiger charge is -2.49. The Balaban J connectivity index is 1.60. The smallest absolute Gasteiger partial charge is 0.269 e. The lowest BCUT2D eigenvalue weighted by Crippen LogP contribution is -2.62. The molecule has 9 heteroatoms. The normalized spacial score (nSPS) is 24.7. The number of carbonyl (C=O) groups excluding carboxylic acids is 2. The van der Waals surface area contributed by atoms with Crippen LogP contribution in [0.2, 0.25) is 0 Å². The molecule has 2 unspecified atom stereocenters. The van der Waals surface area contributed by atoms with E-state index >= 15 is 0 Å². The molecule has 0 spiro atoms. The second kappa shape index (κ2) is 7.62. The second-order valence-corrected chi connectivity index (χ2v) is 8.24. The van der Waals surface area contributed by atoms with Crippen molar-refractivity contribution in [2.45, 2.75) is 19.4 Å². The first-order chi connectivity index (χ1) is 13.8. The molecule has 0 saturated carbocycles. The Kier molecular flexibility index (Phi) is 5.16. The van der Waals surface area contributed by atoms with Crippen LogP contribution in [-0.2, 0) is 16.0 Å². The summed E-state index contributed by atoms with van der Waals surface area (Å²) in [4.78, 5) is 44.0. The van der Waals surface area contributed by atoms with Gasteiger partial charge in [0.25, 0.3) is 5.69 Å². The predicted molar refractivity (Wildman–Crippen MR) is 108 cm³/mol. The zero-order valence-corrected chi connectivity index (χ0v) is 16.9. The average Bonchev–Trinajstić information content (AvgIpc) is 2.72. The van der Waals surface area contributed by atoms with E-state index in [-0.39, 0.29) is 34.4 Å². The largest absolute Gasteiger partial charge is 0.365 e. The van der Waals surface area contributed by atoms with Gasteiger partial charge in [0.2, 0.25) is 11.8 Å². The van der Waals surface area contributed by atoms with Crippen LogP contribution in [0, 0.1) is 16.0 Å². The minimum atomic E-state index is -0.381. The summed E-state index contributed by atoms with van der Waals surface area (Å²) >= 11 is 0. The molecule has 2 atom stereocenters. The number of carbonyl (C=O) groups is 2. The molecule has 0 aromatic heterocycles. The Hall–Kier alpha value is -2.68. The molecule has 156 valence electrons. The third-order valence-electron chi connectivity index (χ3n) is 6.46. The van der Waals surface area contributed by atoms with Gasteiger partial charge in [-0.25, -0.2) is 0 Å². The van der Waals surface area contributed by atoms with E-state index in [2.05, 4.69) is 16.8 Å². The fourth-order valence-corrected chi connectivity index (χ4v) is 4.83. The maximum Gasteiger partial charge on any atom is 0.269 e. The summed E-state index contributed by atoms with van der Waals surface area (Å²) in [6.07, 6.45) is 0.512. The number of nitrogens with zero attached hydrogens (tertiary/aromatic N) is 5. The maximum absolute atomic E-state index is 13.5. The monoisotopic (exact) mass is 401 g/mol. The van der Waals surface area contributed by atoms with E-state index in [4.69, 9.17) is 0 Å². The zero-order valence-electron chi connectivity index (χ0n) is 16.9. The summed E-state index contributed by atoms with van der Waals surface area (Å²) in [7, 11) is 2.07. The van der Waals surface area contributed by atoms with E-state index < -0.39 is 0 Å². The van der Waals surface area contributed by atoms with Crippen LogP contribution in [-0.4, -0.2) is 90.3 Å². The van der Waals surface area contributed by atoms with Crippen LogP contribution in [0.3, 0.4) is 0 Å². The van der Waals surface area contributed by atoms with E-state index in [1.165, 1.54) is 0 Å². The van der Waals surface area contributed by atoms with Gasteiger partial charge in [-0.15, -0.1) is 0 Å². The number of piperazine rings is 2. The van der Waals surface area contributed by atoms with Crippen LogP contribution in [0.15, 0.2) is 18.2 Å². The standard InChI is InChI=1S/C20H27N5O4/c1-14(26)22-6-8-23(9-7-22)20(27)17-12-15-11-16(25(28)29)3-4-18(15)24-10-5-21(2)13-19(17)24/h3-4,11,17,19H,5-10,12-13H2,1-2H3. The highest BCUT2D eigenvalue weighted by Gasteiger charge is 2.43. The summed E-state index contributed by atoms with van der Waals surface area (Å²) in [5.74, 6) is -0.108. The molecular weight excluding hydrogens is 374 g/mol. The molecule has 0 radical (unpaired) electrons. The van der Waals surface area contributed by atoms with Crippen LogP contribution in [0.5, 0.6) is 0 Å². The van der Waals surface area contributed by atoms with Crippen molar-refractivity contribution in [2.75, 3.05) is 57.8 Å².